The number of hydrogen-bond acceptors (Lipinski definition) is 2. The molecule has 2 rings (SSSR count). The van der Waals surface area contributed by atoms with Crippen LogP contribution in [0.4, 0.5) is 10.1 Å². The highest BCUT2D eigenvalue weighted by Crippen LogP contribution is 2.23. The second kappa shape index (κ2) is 4.81. The minimum Gasteiger partial charge on any atom is -0.383 e. The van der Waals surface area contributed by atoms with Crippen molar-refractivity contribution >= 4 is 17.3 Å². The third-order valence-corrected chi connectivity index (χ3v) is 2.85. The topological polar surface area (TPSA) is 21.3 Å². The Kier molecular flexibility index (Phi) is 3.44. The smallest absolute Gasteiger partial charge is 0.124 e. The summed E-state index contributed by atoms with van der Waals surface area (Å²) in [6.45, 7) is 2.46. The molecule has 4 heteroatoms. The monoisotopic (exact) mass is 229 g/mol. The number of anilines is 1. The number of benzene rings is 1. The maximum Gasteiger partial charge on any atom is 0.124 e. The van der Waals surface area contributed by atoms with Crippen LogP contribution in [0.5, 0.6) is 0 Å². The van der Waals surface area contributed by atoms with Crippen LogP contribution >= 0.6 is 11.6 Å². The Labute approximate surface area is 93.4 Å². The molecule has 1 saturated heterocycles. The highest BCUT2D eigenvalue weighted by molar-refractivity contribution is 6.33. The maximum atomic E-state index is 12.8. The Morgan fingerprint density at radius 1 is 1.53 bits per heavy atom. The van der Waals surface area contributed by atoms with Gasteiger partial charge < -0.3 is 10.1 Å². The zero-order valence-corrected chi connectivity index (χ0v) is 9.06. The quantitative estimate of drug-likeness (QED) is 0.861. The number of ether oxygens (including phenoxy) is 1. The number of halogens is 2. The van der Waals surface area contributed by atoms with E-state index in [2.05, 4.69) is 5.32 Å². The molecule has 0 bridgehead atoms. The van der Waals surface area contributed by atoms with Gasteiger partial charge in [0, 0.05) is 19.1 Å². The van der Waals surface area contributed by atoms with E-state index in [1.54, 1.807) is 6.07 Å². The van der Waals surface area contributed by atoms with Gasteiger partial charge in [0.05, 0.1) is 17.3 Å². The molecule has 1 aliphatic heterocycles. The molecule has 1 aromatic carbocycles. The average Bonchev–Trinajstić information content (AvgIpc) is 2.69. The van der Waals surface area contributed by atoms with Crippen molar-refractivity contribution in [1.29, 1.82) is 0 Å². The Hall–Kier alpha value is -0.800. The SMILES string of the molecule is Fc1ccc(NCC2CCOC2)c(Cl)c1. The van der Waals surface area contributed by atoms with E-state index in [1.807, 2.05) is 0 Å². The first-order valence-corrected chi connectivity index (χ1v) is 5.40. The largest absolute Gasteiger partial charge is 0.383 e. The molecule has 82 valence electrons. The Morgan fingerprint density at radius 2 is 2.40 bits per heavy atom. The van der Waals surface area contributed by atoms with Crippen molar-refractivity contribution in [2.45, 2.75) is 6.42 Å². The highest BCUT2D eigenvalue weighted by atomic mass is 35.5. The molecule has 0 amide bonds. The number of rotatable bonds is 3. The van der Waals surface area contributed by atoms with Crippen LogP contribution in [0.3, 0.4) is 0 Å². The van der Waals surface area contributed by atoms with Crippen LogP contribution in [-0.2, 0) is 4.74 Å². The lowest BCUT2D eigenvalue weighted by atomic mass is 10.1. The van der Waals surface area contributed by atoms with Crippen molar-refractivity contribution in [3.8, 4) is 0 Å². The zero-order valence-electron chi connectivity index (χ0n) is 8.30. The van der Waals surface area contributed by atoms with Crippen LogP contribution in [-0.4, -0.2) is 19.8 Å². The Morgan fingerprint density at radius 3 is 3.07 bits per heavy atom. The molecule has 0 spiro atoms. The van der Waals surface area contributed by atoms with E-state index in [0.717, 1.165) is 31.9 Å². The van der Waals surface area contributed by atoms with Gasteiger partial charge in [-0.3, -0.25) is 0 Å². The van der Waals surface area contributed by atoms with Crippen molar-refractivity contribution < 1.29 is 9.13 Å². The highest BCUT2D eigenvalue weighted by Gasteiger charge is 2.15. The molecule has 0 saturated carbocycles. The van der Waals surface area contributed by atoms with Crippen LogP contribution in [0.1, 0.15) is 6.42 Å². The summed E-state index contributed by atoms with van der Waals surface area (Å²) in [5.74, 6) is 0.223. The van der Waals surface area contributed by atoms with Crippen LogP contribution in [0.15, 0.2) is 18.2 Å². The van der Waals surface area contributed by atoms with Crippen LogP contribution < -0.4 is 5.32 Å². The van der Waals surface area contributed by atoms with Crippen LogP contribution in [0, 0.1) is 11.7 Å². The molecule has 15 heavy (non-hydrogen) atoms. The predicted octanol–water partition coefficient (Wildman–Crippen LogP) is 2.93. The average molecular weight is 230 g/mol. The molecule has 0 aliphatic carbocycles. The predicted molar refractivity (Wildman–Crippen MR) is 58.8 cm³/mol. The van der Waals surface area contributed by atoms with E-state index in [4.69, 9.17) is 16.3 Å². The molecule has 1 unspecified atom stereocenters. The van der Waals surface area contributed by atoms with E-state index < -0.39 is 0 Å². The van der Waals surface area contributed by atoms with Gasteiger partial charge in [-0.1, -0.05) is 11.6 Å². The van der Waals surface area contributed by atoms with E-state index in [1.165, 1.54) is 12.1 Å². The molecule has 0 radical (unpaired) electrons. The van der Waals surface area contributed by atoms with Gasteiger partial charge >= 0.3 is 0 Å². The third kappa shape index (κ3) is 2.83. The summed E-state index contributed by atoms with van der Waals surface area (Å²) < 4.78 is 18.0. The second-order valence-electron chi connectivity index (χ2n) is 3.73. The summed E-state index contributed by atoms with van der Waals surface area (Å²) in [6, 6.07) is 4.38. The fourth-order valence-electron chi connectivity index (χ4n) is 1.63. The number of hydrogen-bond donors (Lipinski definition) is 1. The fraction of sp³-hybridized carbons (Fsp3) is 0.455. The molecule has 1 atom stereocenters. The Balaban J connectivity index is 1.92. The summed E-state index contributed by atoms with van der Waals surface area (Å²) in [5, 5.41) is 3.63. The first-order chi connectivity index (χ1) is 7.25. The van der Waals surface area contributed by atoms with Crippen molar-refractivity contribution in [3.05, 3.63) is 29.0 Å². The van der Waals surface area contributed by atoms with Gasteiger partial charge in [0.25, 0.3) is 0 Å². The molecule has 1 aromatic rings. The lowest BCUT2D eigenvalue weighted by Crippen LogP contribution is -2.14. The van der Waals surface area contributed by atoms with Gasteiger partial charge in [-0.15, -0.1) is 0 Å². The normalized spacial score (nSPS) is 20.5. The van der Waals surface area contributed by atoms with E-state index in [9.17, 15) is 4.39 Å². The minimum atomic E-state index is -0.310. The molecule has 1 heterocycles. The van der Waals surface area contributed by atoms with Crippen LogP contribution in [0.2, 0.25) is 5.02 Å². The van der Waals surface area contributed by atoms with Crippen LogP contribution in [0.25, 0.3) is 0 Å². The molecular formula is C11H13ClFNO. The second-order valence-corrected chi connectivity index (χ2v) is 4.14. The van der Waals surface area contributed by atoms with Crippen molar-refractivity contribution in [1.82, 2.24) is 0 Å². The summed E-state index contributed by atoms with van der Waals surface area (Å²) in [4.78, 5) is 0. The first kappa shape index (κ1) is 10.7. The van der Waals surface area contributed by atoms with Crippen molar-refractivity contribution in [2.75, 3.05) is 25.1 Å². The van der Waals surface area contributed by atoms with E-state index in [-0.39, 0.29) is 5.82 Å². The molecular weight excluding hydrogens is 217 g/mol. The molecule has 0 aromatic heterocycles. The third-order valence-electron chi connectivity index (χ3n) is 2.54. The van der Waals surface area contributed by atoms with E-state index >= 15 is 0 Å². The maximum absolute atomic E-state index is 12.8. The van der Waals surface area contributed by atoms with E-state index in [0.29, 0.717) is 10.9 Å². The van der Waals surface area contributed by atoms with Gasteiger partial charge in [0.2, 0.25) is 0 Å². The molecule has 1 aliphatic rings. The summed E-state index contributed by atoms with van der Waals surface area (Å²) >= 11 is 5.88. The summed E-state index contributed by atoms with van der Waals surface area (Å²) in [6.07, 6.45) is 1.08. The fourth-order valence-corrected chi connectivity index (χ4v) is 1.87. The van der Waals surface area contributed by atoms with Crippen molar-refractivity contribution in [2.24, 2.45) is 5.92 Å². The lowest BCUT2D eigenvalue weighted by molar-refractivity contribution is 0.187. The summed E-state index contributed by atoms with van der Waals surface area (Å²) in [7, 11) is 0. The number of nitrogens with one attached hydrogen (secondary N) is 1. The Bertz CT molecular complexity index is 339. The van der Waals surface area contributed by atoms with Crippen molar-refractivity contribution in [3.63, 3.8) is 0 Å². The zero-order chi connectivity index (χ0) is 10.7. The molecule has 2 nitrogen and oxygen atoms in total. The minimum absolute atomic E-state index is 0.310. The first-order valence-electron chi connectivity index (χ1n) is 5.02. The summed E-state index contributed by atoms with van der Waals surface area (Å²) in [5.41, 5.74) is 0.782. The van der Waals surface area contributed by atoms with Gasteiger partial charge in [-0.2, -0.15) is 0 Å². The molecule has 1 fully saturated rings. The standard InChI is InChI=1S/C11H13ClFNO/c12-10-5-9(13)1-2-11(10)14-6-8-3-4-15-7-8/h1-2,5,8,14H,3-4,6-7H2. The van der Waals surface area contributed by atoms with Gasteiger partial charge in [-0.05, 0) is 24.6 Å². The molecule has 1 N–H and O–H groups in total. The van der Waals surface area contributed by atoms with Gasteiger partial charge in [0.15, 0.2) is 0 Å². The van der Waals surface area contributed by atoms with Gasteiger partial charge in [-0.25, -0.2) is 4.39 Å². The van der Waals surface area contributed by atoms with Gasteiger partial charge in [0.1, 0.15) is 5.82 Å². The lowest BCUT2D eigenvalue weighted by Gasteiger charge is -2.11.